The number of carbonyl (C=O) groups excluding carboxylic acids is 1. The van der Waals surface area contributed by atoms with Crippen molar-refractivity contribution < 1.29 is 9.53 Å². The maximum Gasteiger partial charge on any atom is 0.318 e. The Hall–Kier alpha value is -1.36. The van der Waals surface area contributed by atoms with E-state index < -0.39 is 0 Å². The van der Waals surface area contributed by atoms with Crippen LogP contribution >= 0.6 is 11.8 Å². The van der Waals surface area contributed by atoms with Gasteiger partial charge in [-0.15, -0.1) is 0 Å². The summed E-state index contributed by atoms with van der Waals surface area (Å²) in [6, 6.07) is 7.92. The maximum atomic E-state index is 12.3. The molecule has 2 aliphatic rings. The lowest BCUT2D eigenvalue weighted by atomic mass is 10.1. The number of fused-ring (bicyclic) bond motifs is 1. The zero-order valence-corrected chi connectivity index (χ0v) is 11.6. The van der Waals surface area contributed by atoms with Gasteiger partial charge >= 0.3 is 6.03 Å². The molecule has 102 valence electrons. The highest BCUT2D eigenvalue weighted by molar-refractivity contribution is 7.99. The number of nitrogens with zero attached hydrogens (tertiary/aromatic N) is 1. The van der Waals surface area contributed by atoms with Gasteiger partial charge in [-0.05, 0) is 18.2 Å². The molecule has 0 bridgehead atoms. The van der Waals surface area contributed by atoms with Crippen LogP contribution in [0.1, 0.15) is 18.0 Å². The third kappa shape index (κ3) is 2.81. The van der Waals surface area contributed by atoms with E-state index in [1.54, 1.807) is 0 Å². The summed E-state index contributed by atoms with van der Waals surface area (Å²) < 4.78 is 5.59. The molecular formula is C14H18N2O2S. The number of hydrogen-bond acceptors (Lipinski definition) is 3. The van der Waals surface area contributed by atoms with E-state index in [0.717, 1.165) is 42.3 Å². The maximum absolute atomic E-state index is 12.3. The first-order valence-electron chi connectivity index (χ1n) is 6.69. The smallest absolute Gasteiger partial charge is 0.318 e. The van der Waals surface area contributed by atoms with E-state index >= 15 is 0 Å². The third-order valence-corrected chi connectivity index (χ3v) is 4.56. The molecule has 1 N–H and O–H groups in total. The Morgan fingerprint density at radius 2 is 2.21 bits per heavy atom. The molecular weight excluding hydrogens is 260 g/mol. The first kappa shape index (κ1) is 12.7. The molecule has 5 heteroatoms. The van der Waals surface area contributed by atoms with Gasteiger partial charge in [-0.3, -0.25) is 0 Å². The van der Waals surface area contributed by atoms with E-state index in [9.17, 15) is 4.79 Å². The Morgan fingerprint density at radius 3 is 3.16 bits per heavy atom. The van der Waals surface area contributed by atoms with Gasteiger partial charge in [-0.25, -0.2) is 4.79 Å². The fourth-order valence-electron chi connectivity index (χ4n) is 2.47. The summed E-state index contributed by atoms with van der Waals surface area (Å²) in [5.74, 6) is 3.07. The van der Waals surface area contributed by atoms with Crippen LogP contribution in [0.15, 0.2) is 24.3 Å². The van der Waals surface area contributed by atoms with Crippen LogP contribution in [0, 0.1) is 0 Å². The van der Waals surface area contributed by atoms with Gasteiger partial charge in [0.25, 0.3) is 0 Å². The SMILES string of the molecule is O=C(NC1COc2ccccc21)N1CCCSCC1. The predicted molar refractivity (Wildman–Crippen MR) is 76.7 cm³/mol. The Balaban J connectivity index is 1.64. The van der Waals surface area contributed by atoms with Gasteiger partial charge in [-0.2, -0.15) is 11.8 Å². The monoisotopic (exact) mass is 278 g/mol. The van der Waals surface area contributed by atoms with Gasteiger partial charge in [0, 0.05) is 24.4 Å². The van der Waals surface area contributed by atoms with Gasteiger partial charge in [0.05, 0.1) is 6.04 Å². The Morgan fingerprint density at radius 1 is 1.32 bits per heavy atom. The van der Waals surface area contributed by atoms with Crippen molar-refractivity contribution in [3.63, 3.8) is 0 Å². The molecule has 4 nitrogen and oxygen atoms in total. The summed E-state index contributed by atoms with van der Waals surface area (Å²) in [6.07, 6.45) is 1.08. The molecule has 1 atom stereocenters. The number of hydrogen-bond donors (Lipinski definition) is 1. The second-order valence-electron chi connectivity index (χ2n) is 4.80. The summed E-state index contributed by atoms with van der Waals surface area (Å²) >= 11 is 1.92. The number of amides is 2. The number of carbonyl (C=O) groups is 1. The van der Waals surface area contributed by atoms with Crippen molar-refractivity contribution >= 4 is 17.8 Å². The van der Waals surface area contributed by atoms with Crippen LogP contribution in [0.3, 0.4) is 0 Å². The largest absolute Gasteiger partial charge is 0.491 e. The summed E-state index contributed by atoms with van der Waals surface area (Å²) in [4.78, 5) is 14.2. The molecule has 0 saturated carbocycles. The minimum Gasteiger partial charge on any atom is -0.491 e. The molecule has 2 amide bonds. The number of thioether (sulfide) groups is 1. The predicted octanol–water partition coefficient (Wildman–Crippen LogP) is 2.27. The standard InChI is InChI=1S/C14H18N2O2S/c17-14(16-6-3-8-19-9-7-16)15-12-10-18-13-5-2-1-4-11(12)13/h1-2,4-5,12H,3,6-10H2,(H,15,17). The van der Waals surface area contributed by atoms with Crippen LogP contribution < -0.4 is 10.1 Å². The van der Waals surface area contributed by atoms with E-state index in [1.807, 2.05) is 40.9 Å². The molecule has 19 heavy (non-hydrogen) atoms. The van der Waals surface area contributed by atoms with Crippen molar-refractivity contribution in [3.8, 4) is 5.75 Å². The van der Waals surface area contributed by atoms with Crippen molar-refractivity contribution in [3.05, 3.63) is 29.8 Å². The van der Waals surface area contributed by atoms with Crippen molar-refractivity contribution in [2.75, 3.05) is 31.2 Å². The average molecular weight is 278 g/mol. The summed E-state index contributed by atoms with van der Waals surface area (Å²) in [5, 5.41) is 3.09. The van der Waals surface area contributed by atoms with E-state index in [0.29, 0.717) is 6.61 Å². The van der Waals surface area contributed by atoms with E-state index in [-0.39, 0.29) is 12.1 Å². The van der Waals surface area contributed by atoms with Gasteiger partial charge in [-0.1, -0.05) is 18.2 Å². The van der Waals surface area contributed by atoms with Crippen LogP contribution in [-0.4, -0.2) is 42.1 Å². The molecule has 2 aliphatic heterocycles. The average Bonchev–Trinajstić information content (AvgIpc) is 2.66. The quantitative estimate of drug-likeness (QED) is 0.857. The second kappa shape index (κ2) is 5.74. The van der Waals surface area contributed by atoms with Gasteiger partial charge in [0.15, 0.2) is 0 Å². The fourth-order valence-corrected chi connectivity index (χ4v) is 3.36. The first-order valence-corrected chi connectivity index (χ1v) is 7.85. The molecule has 0 aromatic heterocycles. The van der Waals surface area contributed by atoms with E-state index in [1.165, 1.54) is 0 Å². The molecule has 1 fully saturated rings. The number of rotatable bonds is 1. The number of urea groups is 1. The lowest BCUT2D eigenvalue weighted by Crippen LogP contribution is -2.43. The van der Waals surface area contributed by atoms with Crippen molar-refractivity contribution in [1.29, 1.82) is 0 Å². The fraction of sp³-hybridized carbons (Fsp3) is 0.500. The number of para-hydroxylation sites is 1. The van der Waals surface area contributed by atoms with Gasteiger partial charge in [0.1, 0.15) is 12.4 Å². The molecule has 1 aromatic rings. The zero-order chi connectivity index (χ0) is 13.1. The Bertz CT molecular complexity index is 459. The third-order valence-electron chi connectivity index (χ3n) is 3.51. The van der Waals surface area contributed by atoms with Crippen molar-refractivity contribution in [2.24, 2.45) is 0 Å². The van der Waals surface area contributed by atoms with Crippen LogP contribution in [0.4, 0.5) is 4.79 Å². The molecule has 1 aromatic carbocycles. The van der Waals surface area contributed by atoms with Gasteiger partial charge in [0.2, 0.25) is 0 Å². The molecule has 0 radical (unpaired) electrons. The van der Waals surface area contributed by atoms with Crippen LogP contribution in [0.25, 0.3) is 0 Å². The Labute approximate surface area is 117 Å². The molecule has 3 rings (SSSR count). The normalized spacial score (nSPS) is 22.3. The second-order valence-corrected chi connectivity index (χ2v) is 6.03. The van der Waals surface area contributed by atoms with Crippen LogP contribution in [-0.2, 0) is 0 Å². The summed E-state index contributed by atoms with van der Waals surface area (Å²) in [7, 11) is 0. The van der Waals surface area contributed by atoms with Crippen LogP contribution in [0.5, 0.6) is 5.75 Å². The molecule has 0 aliphatic carbocycles. The van der Waals surface area contributed by atoms with Crippen LogP contribution in [0.2, 0.25) is 0 Å². The summed E-state index contributed by atoms with van der Waals surface area (Å²) in [6.45, 7) is 2.23. The number of nitrogens with one attached hydrogen (secondary N) is 1. The number of benzene rings is 1. The molecule has 1 saturated heterocycles. The highest BCUT2D eigenvalue weighted by Gasteiger charge is 2.27. The zero-order valence-electron chi connectivity index (χ0n) is 10.8. The van der Waals surface area contributed by atoms with Crippen molar-refractivity contribution in [2.45, 2.75) is 12.5 Å². The number of ether oxygens (including phenoxy) is 1. The lowest BCUT2D eigenvalue weighted by molar-refractivity contribution is 0.194. The minimum absolute atomic E-state index is 0.0143. The summed E-state index contributed by atoms with van der Waals surface area (Å²) in [5.41, 5.74) is 1.08. The van der Waals surface area contributed by atoms with Crippen molar-refractivity contribution in [1.82, 2.24) is 10.2 Å². The molecule has 1 unspecified atom stereocenters. The minimum atomic E-state index is -0.0143. The highest BCUT2D eigenvalue weighted by atomic mass is 32.2. The highest BCUT2D eigenvalue weighted by Crippen LogP contribution is 2.31. The first-order chi connectivity index (χ1) is 9.34. The van der Waals surface area contributed by atoms with E-state index in [2.05, 4.69) is 5.32 Å². The Kier molecular flexibility index (Phi) is 3.82. The topological polar surface area (TPSA) is 41.6 Å². The van der Waals surface area contributed by atoms with E-state index in [4.69, 9.17) is 4.74 Å². The molecule has 2 heterocycles. The van der Waals surface area contributed by atoms with Gasteiger partial charge < -0.3 is 15.0 Å². The lowest BCUT2D eigenvalue weighted by Gasteiger charge is -2.22. The molecule has 0 spiro atoms.